The van der Waals surface area contributed by atoms with Gasteiger partial charge < -0.3 is 10.6 Å². The molecule has 1 amide bonds. The van der Waals surface area contributed by atoms with Gasteiger partial charge in [-0.05, 0) is 44.5 Å². The van der Waals surface area contributed by atoms with Crippen LogP contribution in [0.25, 0.3) is 5.13 Å². The van der Waals surface area contributed by atoms with Crippen molar-refractivity contribution in [2.75, 3.05) is 11.9 Å². The van der Waals surface area contributed by atoms with Crippen LogP contribution in [0.2, 0.25) is 0 Å². The molecule has 0 spiro atoms. The molecule has 1 aliphatic rings. The topological polar surface area (TPSA) is 71.8 Å². The highest BCUT2D eigenvalue weighted by Crippen LogP contribution is 2.25. The molecule has 0 fully saturated rings. The molecule has 0 aliphatic carbocycles. The van der Waals surface area contributed by atoms with Crippen molar-refractivity contribution in [3.05, 3.63) is 58.0 Å². The van der Waals surface area contributed by atoms with E-state index in [2.05, 4.69) is 20.6 Å². The number of rotatable bonds is 3. The fraction of sp³-hybridized carbons (Fsp3) is 0.278. The van der Waals surface area contributed by atoms with Crippen LogP contribution >= 0.6 is 11.3 Å². The molecule has 1 aliphatic heterocycles. The summed E-state index contributed by atoms with van der Waals surface area (Å²) in [6.45, 7) is 5.62. The SMILES string of the molecule is Cc1cc(C(=O)Nc2nccc3c2CNCC3)c(C)n1-c1nccs1. The molecule has 128 valence electrons. The Morgan fingerprint density at radius 1 is 1.32 bits per heavy atom. The Kier molecular flexibility index (Phi) is 4.10. The summed E-state index contributed by atoms with van der Waals surface area (Å²) in [7, 11) is 0. The van der Waals surface area contributed by atoms with Crippen molar-refractivity contribution in [3.63, 3.8) is 0 Å². The molecule has 25 heavy (non-hydrogen) atoms. The third-order valence-corrected chi connectivity index (χ3v) is 5.30. The van der Waals surface area contributed by atoms with Crippen molar-refractivity contribution in [2.24, 2.45) is 0 Å². The zero-order valence-corrected chi connectivity index (χ0v) is 15.0. The molecule has 4 rings (SSSR count). The number of hydrogen-bond donors (Lipinski definition) is 2. The summed E-state index contributed by atoms with van der Waals surface area (Å²) < 4.78 is 2.01. The van der Waals surface area contributed by atoms with Crippen LogP contribution in [0.3, 0.4) is 0 Å². The van der Waals surface area contributed by atoms with E-state index in [1.807, 2.05) is 35.9 Å². The lowest BCUT2D eigenvalue weighted by Crippen LogP contribution is -2.26. The lowest BCUT2D eigenvalue weighted by molar-refractivity contribution is 0.102. The monoisotopic (exact) mass is 353 g/mol. The van der Waals surface area contributed by atoms with Gasteiger partial charge >= 0.3 is 0 Å². The van der Waals surface area contributed by atoms with E-state index in [0.29, 0.717) is 11.4 Å². The van der Waals surface area contributed by atoms with Crippen LogP contribution in [-0.2, 0) is 13.0 Å². The number of thiazole rings is 1. The summed E-state index contributed by atoms with van der Waals surface area (Å²) in [4.78, 5) is 21.6. The van der Waals surface area contributed by atoms with Crippen LogP contribution < -0.4 is 10.6 Å². The van der Waals surface area contributed by atoms with Gasteiger partial charge in [0.05, 0.1) is 5.56 Å². The molecule has 6 nitrogen and oxygen atoms in total. The predicted molar refractivity (Wildman–Crippen MR) is 98.5 cm³/mol. The third kappa shape index (κ3) is 2.85. The number of nitrogens with one attached hydrogen (secondary N) is 2. The van der Waals surface area contributed by atoms with Crippen molar-refractivity contribution in [1.82, 2.24) is 19.9 Å². The zero-order chi connectivity index (χ0) is 17.4. The van der Waals surface area contributed by atoms with Gasteiger partial charge in [-0.3, -0.25) is 9.36 Å². The Hall–Kier alpha value is -2.51. The number of nitrogens with zero attached hydrogens (tertiary/aromatic N) is 3. The van der Waals surface area contributed by atoms with Crippen molar-refractivity contribution in [3.8, 4) is 5.13 Å². The Morgan fingerprint density at radius 3 is 3.00 bits per heavy atom. The van der Waals surface area contributed by atoms with Gasteiger partial charge in [0.15, 0.2) is 5.13 Å². The molecular formula is C18H19N5OS. The second-order valence-corrected chi connectivity index (χ2v) is 6.99. The number of fused-ring (bicyclic) bond motifs is 1. The van der Waals surface area contributed by atoms with Crippen LogP contribution in [0, 0.1) is 13.8 Å². The van der Waals surface area contributed by atoms with E-state index in [4.69, 9.17) is 0 Å². The van der Waals surface area contributed by atoms with Crippen molar-refractivity contribution < 1.29 is 4.79 Å². The molecular weight excluding hydrogens is 334 g/mol. The van der Waals surface area contributed by atoms with Crippen LogP contribution in [0.15, 0.2) is 29.9 Å². The number of amides is 1. The number of carbonyl (C=O) groups excluding carboxylic acids is 1. The molecule has 0 saturated carbocycles. The first-order chi connectivity index (χ1) is 12.1. The molecule has 0 saturated heterocycles. The van der Waals surface area contributed by atoms with Gasteiger partial charge in [0.25, 0.3) is 5.91 Å². The van der Waals surface area contributed by atoms with Crippen LogP contribution in [0.5, 0.6) is 0 Å². The summed E-state index contributed by atoms with van der Waals surface area (Å²) >= 11 is 1.55. The van der Waals surface area contributed by atoms with E-state index in [9.17, 15) is 4.79 Å². The molecule has 3 aromatic rings. The fourth-order valence-corrected chi connectivity index (χ4v) is 4.05. The molecule has 0 radical (unpaired) electrons. The quantitative estimate of drug-likeness (QED) is 0.759. The number of aromatic nitrogens is 3. The minimum Gasteiger partial charge on any atom is -0.312 e. The summed E-state index contributed by atoms with van der Waals surface area (Å²) in [6.07, 6.45) is 4.49. The van der Waals surface area contributed by atoms with Gasteiger partial charge in [0.1, 0.15) is 5.82 Å². The summed E-state index contributed by atoms with van der Waals surface area (Å²) in [6, 6.07) is 3.93. The molecule has 2 N–H and O–H groups in total. The Balaban J connectivity index is 1.66. The molecule has 0 bridgehead atoms. The summed E-state index contributed by atoms with van der Waals surface area (Å²) in [5.41, 5.74) is 4.85. The van der Waals surface area contributed by atoms with E-state index >= 15 is 0 Å². The first-order valence-electron chi connectivity index (χ1n) is 8.23. The Labute approximate surface area is 149 Å². The van der Waals surface area contributed by atoms with Crippen molar-refractivity contribution >= 4 is 23.1 Å². The average molecular weight is 353 g/mol. The molecule has 7 heteroatoms. The third-order valence-electron chi connectivity index (χ3n) is 4.54. The van der Waals surface area contributed by atoms with Crippen LogP contribution in [0.1, 0.15) is 32.9 Å². The van der Waals surface area contributed by atoms with Gasteiger partial charge in [-0.1, -0.05) is 0 Å². The Bertz CT molecular complexity index is 929. The normalized spacial score (nSPS) is 13.5. The molecule has 4 heterocycles. The second-order valence-electron chi connectivity index (χ2n) is 6.11. The van der Waals surface area contributed by atoms with E-state index in [1.165, 1.54) is 5.56 Å². The smallest absolute Gasteiger partial charge is 0.258 e. The largest absolute Gasteiger partial charge is 0.312 e. The van der Waals surface area contributed by atoms with E-state index in [0.717, 1.165) is 41.6 Å². The molecule has 0 unspecified atom stereocenters. The highest BCUT2D eigenvalue weighted by Gasteiger charge is 2.20. The van der Waals surface area contributed by atoms with Crippen LogP contribution in [0.4, 0.5) is 5.82 Å². The Morgan fingerprint density at radius 2 is 2.20 bits per heavy atom. The maximum atomic E-state index is 12.9. The minimum absolute atomic E-state index is 0.137. The number of hydrogen-bond acceptors (Lipinski definition) is 5. The number of anilines is 1. The lowest BCUT2D eigenvalue weighted by atomic mass is 10.0. The molecule has 0 aromatic carbocycles. The number of aryl methyl sites for hydroxylation is 1. The molecule has 0 atom stereocenters. The summed E-state index contributed by atoms with van der Waals surface area (Å²) in [5.74, 6) is 0.510. The second kappa shape index (κ2) is 6.42. The number of pyridine rings is 1. The minimum atomic E-state index is -0.137. The molecule has 3 aromatic heterocycles. The van der Waals surface area contributed by atoms with Crippen molar-refractivity contribution in [1.29, 1.82) is 0 Å². The first kappa shape index (κ1) is 16.0. The fourth-order valence-electron chi connectivity index (χ4n) is 3.30. The summed E-state index contributed by atoms with van der Waals surface area (Å²) in [5, 5.41) is 9.13. The van der Waals surface area contributed by atoms with Gasteiger partial charge in [0, 0.05) is 41.3 Å². The van der Waals surface area contributed by atoms with Crippen molar-refractivity contribution in [2.45, 2.75) is 26.8 Å². The average Bonchev–Trinajstić information content (AvgIpc) is 3.23. The van der Waals surface area contributed by atoms with E-state index in [-0.39, 0.29) is 5.91 Å². The van der Waals surface area contributed by atoms with Crippen LogP contribution in [-0.4, -0.2) is 27.0 Å². The van der Waals surface area contributed by atoms with Gasteiger partial charge in [-0.25, -0.2) is 9.97 Å². The van der Waals surface area contributed by atoms with E-state index < -0.39 is 0 Å². The number of carbonyl (C=O) groups is 1. The highest BCUT2D eigenvalue weighted by atomic mass is 32.1. The van der Waals surface area contributed by atoms with Gasteiger partial charge in [0.2, 0.25) is 0 Å². The van der Waals surface area contributed by atoms with Gasteiger partial charge in [-0.2, -0.15) is 0 Å². The maximum absolute atomic E-state index is 12.9. The first-order valence-corrected chi connectivity index (χ1v) is 9.10. The zero-order valence-electron chi connectivity index (χ0n) is 14.2. The van der Waals surface area contributed by atoms with E-state index in [1.54, 1.807) is 23.7 Å². The van der Waals surface area contributed by atoms with Gasteiger partial charge in [-0.15, -0.1) is 11.3 Å². The standard InChI is InChI=1S/C18H19N5OS/c1-11-9-14(12(2)23(11)18-21-7-8-25-18)17(24)22-16-15-10-19-5-3-13(15)4-6-20-16/h4,6-9,19H,3,5,10H2,1-2H3,(H,20,22,24). The maximum Gasteiger partial charge on any atom is 0.258 e. The lowest BCUT2D eigenvalue weighted by Gasteiger charge is -2.19. The predicted octanol–water partition coefficient (Wildman–Crippen LogP) is 2.84. The highest BCUT2D eigenvalue weighted by molar-refractivity contribution is 7.12.